The number of anilines is 1. The topological polar surface area (TPSA) is 456 Å². The zero-order valence-electron chi connectivity index (χ0n) is 50.8. The van der Waals surface area contributed by atoms with E-state index in [0.29, 0.717) is 24.8 Å². The lowest BCUT2D eigenvalue weighted by Gasteiger charge is -2.36. The number of hydrogen-bond acceptors (Lipinski definition) is 19. The SMILES string of the molecule is Cc1cc(OCCCC(=O)NCCCC(=O)[C@H](CS(=O)(=O)O)NC(=S)Nc2ccc(CC(CN(CC(=O)O)CC(C)N(CC(=O)O)CC(=O)O)N(CC(=O)O)CC(=O)O)cc2)cc(C)c1S(=O)(=O)NC(CNC(=O)CCCCc1ccc2c(n1)CCCC2)C(=O)O. The number of ether oxygens (including phenoxy) is 1. The van der Waals surface area contributed by atoms with Crippen LogP contribution in [0.2, 0.25) is 0 Å². The second kappa shape index (κ2) is 36.9. The summed E-state index contributed by atoms with van der Waals surface area (Å²) in [6.07, 6.45) is 6.17. The number of nitrogens with one attached hydrogen (secondary N) is 5. The van der Waals surface area contributed by atoms with E-state index < -0.39 is 143 Å². The van der Waals surface area contributed by atoms with Crippen molar-refractivity contribution < 1.29 is 99.9 Å². The number of aryl methyl sites for hydroxylation is 5. The second-order valence-corrected chi connectivity index (χ2v) is 25.7. The average Bonchev–Trinajstić information content (AvgIpc) is 0.844. The molecule has 1 heterocycles. The van der Waals surface area contributed by atoms with Crippen molar-refractivity contribution in [1.29, 1.82) is 0 Å². The van der Waals surface area contributed by atoms with Crippen molar-refractivity contribution in [1.82, 2.24) is 40.4 Å². The van der Waals surface area contributed by atoms with E-state index in [1.165, 1.54) is 67.6 Å². The molecule has 2 aromatic carbocycles. The van der Waals surface area contributed by atoms with Crippen molar-refractivity contribution in [3.05, 3.63) is 82.2 Å². The average molecular weight is 1340 g/mol. The molecule has 33 heteroatoms. The molecule has 4 atom stereocenters. The Morgan fingerprint density at radius 3 is 1.86 bits per heavy atom. The first-order chi connectivity index (χ1) is 42.8. The smallest absolute Gasteiger partial charge is 0.323 e. The Morgan fingerprint density at radius 1 is 0.681 bits per heavy atom. The zero-order chi connectivity index (χ0) is 67.6. The van der Waals surface area contributed by atoms with Gasteiger partial charge in [-0.05, 0) is 150 Å². The molecule has 1 aliphatic carbocycles. The van der Waals surface area contributed by atoms with E-state index in [0.717, 1.165) is 46.9 Å². The Balaban J connectivity index is 1.25. The number of fused-ring (bicyclic) bond motifs is 1. The van der Waals surface area contributed by atoms with Crippen molar-refractivity contribution in [2.75, 3.05) is 76.6 Å². The number of nitrogens with zero attached hydrogens (tertiary/aromatic N) is 4. The molecule has 0 bridgehead atoms. The van der Waals surface area contributed by atoms with Crippen LogP contribution in [0.3, 0.4) is 0 Å². The molecule has 91 heavy (non-hydrogen) atoms. The van der Waals surface area contributed by atoms with Crippen LogP contribution in [-0.2, 0) is 89.0 Å². The fraction of sp³-hybridized carbons (Fsp3) is 0.534. The molecule has 4 rings (SSSR count). The van der Waals surface area contributed by atoms with Crippen LogP contribution in [-0.4, -0.2) is 226 Å². The van der Waals surface area contributed by atoms with E-state index in [1.807, 2.05) is 6.07 Å². The van der Waals surface area contributed by atoms with Crippen LogP contribution in [0.1, 0.15) is 98.4 Å². The standard InChI is InChI=1S/C58H81N9O21S3/c1-36-24-44(25-37(2)56(36)91(86,87)64-46(57(81)82)27-60-50(70)14-7-5-11-41-21-18-40-10-4-6-12-45(40)61-41)88-23-9-15-49(69)59-22-8-13-48(68)47(35-90(83,84)85)63-58(89)62-42-19-16-39(17-20-42)26-43(67(33-54(77)78)34-55(79)80)29-65(30-51(71)72)28-38(3)66(31-52(73)74)32-53(75)76/h16-21,24-25,38,43,46-47,64H,4-15,22-23,26-35H2,1-3H3,(H,59,69)(H,60,70)(H,71,72)(H,73,74)(H,75,76)(H,77,78)(H,79,80)(H,81,82)(H2,62,63,89)(H,83,84,85)/t38?,43?,46?,47-/m0/s1. The number of amides is 2. The van der Waals surface area contributed by atoms with Crippen molar-refractivity contribution in [2.45, 2.75) is 133 Å². The van der Waals surface area contributed by atoms with Gasteiger partial charge in [-0.3, -0.25) is 67.4 Å². The number of carboxylic acids is 6. The fourth-order valence-electron chi connectivity index (χ4n) is 10.3. The monoisotopic (exact) mass is 1340 g/mol. The Labute approximate surface area is 532 Å². The van der Waals surface area contributed by atoms with Gasteiger partial charge in [0, 0.05) is 74.6 Å². The van der Waals surface area contributed by atoms with E-state index in [4.69, 9.17) is 21.9 Å². The predicted octanol–water partition coefficient (Wildman–Crippen LogP) is 1.33. The van der Waals surface area contributed by atoms with Crippen LogP contribution in [0.5, 0.6) is 5.75 Å². The lowest BCUT2D eigenvalue weighted by Crippen LogP contribution is -2.53. The van der Waals surface area contributed by atoms with Crippen LogP contribution < -0.4 is 30.7 Å². The molecule has 0 spiro atoms. The van der Waals surface area contributed by atoms with Gasteiger partial charge in [0.15, 0.2) is 10.9 Å². The van der Waals surface area contributed by atoms with Gasteiger partial charge < -0.3 is 56.6 Å². The molecule has 3 unspecified atom stereocenters. The molecule has 1 aromatic heterocycles. The quantitative estimate of drug-likeness (QED) is 0.0216. The van der Waals surface area contributed by atoms with Crippen molar-refractivity contribution in [3.8, 4) is 5.75 Å². The number of sulfonamides is 1. The summed E-state index contributed by atoms with van der Waals surface area (Å²) in [5, 5.41) is 68.0. The number of thiocarbonyl (C=S) groups is 1. The molecule has 0 saturated heterocycles. The largest absolute Gasteiger partial charge is 0.494 e. The minimum Gasteiger partial charge on any atom is -0.494 e. The fourth-order valence-corrected chi connectivity index (χ4v) is 12.9. The van der Waals surface area contributed by atoms with Gasteiger partial charge in [0.05, 0.1) is 44.2 Å². The summed E-state index contributed by atoms with van der Waals surface area (Å²) in [4.78, 5) is 118. The predicted molar refractivity (Wildman–Crippen MR) is 332 cm³/mol. The number of rotatable bonds is 43. The molecule has 0 saturated carbocycles. The summed E-state index contributed by atoms with van der Waals surface area (Å²) >= 11 is 5.35. The molecule has 0 radical (unpaired) electrons. The summed E-state index contributed by atoms with van der Waals surface area (Å²) in [7, 11) is -9.17. The van der Waals surface area contributed by atoms with Gasteiger partial charge in [0.1, 0.15) is 23.6 Å². The lowest BCUT2D eigenvalue weighted by atomic mass is 9.95. The highest BCUT2D eigenvalue weighted by molar-refractivity contribution is 7.89. The number of carbonyl (C=O) groups excluding carboxylic acids is 3. The van der Waals surface area contributed by atoms with Crippen LogP contribution in [0, 0.1) is 13.8 Å². The number of Topliss-reactive ketones (excluding diaryl/α,β-unsaturated/α-hetero) is 1. The third-order valence-corrected chi connectivity index (χ3v) is 17.2. The number of pyridine rings is 1. The first kappa shape index (κ1) is 75.7. The molecule has 0 aliphatic heterocycles. The maximum absolute atomic E-state index is 13.5. The van der Waals surface area contributed by atoms with Gasteiger partial charge in [0.25, 0.3) is 10.1 Å². The van der Waals surface area contributed by atoms with Crippen molar-refractivity contribution >= 4 is 96.6 Å². The van der Waals surface area contributed by atoms with E-state index in [-0.39, 0.29) is 97.3 Å². The summed E-state index contributed by atoms with van der Waals surface area (Å²) in [6, 6.07) is 7.97. The normalized spacial score (nSPS) is 13.7. The molecule has 12 N–H and O–H groups in total. The van der Waals surface area contributed by atoms with Gasteiger partial charge in [-0.15, -0.1) is 0 Å². The molecule has 502 valence electrons. The number of benzene rings is 2. The third kappa shape index (κ3) is 28.5. The first-order valence-corrected chi connectivity index (χ1v) is 32.7. The van der Waals surface area contributed by atoms with Crippen LogP contribution in [0.15, 0.2) is 53.4 Å². The Hall–Kier alpha value is -7.79. The van der Waals surface area contributed by atoms with E-state index in [9.17, 15) is 95.2 Å². The number of carboxylic acid groups (broad SMARTS) is 6. The molecule has 30 nitrogen and oxygen atoms in total. The number of aromatic nitrogens is 1. The summed E-state index contributed by atoms with van der Waals surface area (Å²) in [5.74, 6) is -10.6. The molecule has 0 fully saturated rings. The minimum atomic E-state index is -4.75. The highest BCUT2D eigenvalue weighted by Gasteiger charge is 2.32. The van der Waals surface area contributed by atoms with Gasteiger partial charge in [0.2, 0.25) is 21.8 Å². The van der Waals surface area contributed by atoms with E-state index in [1.54, 1.807) is 0 Å². The number of unbranched alkanes of at least 4 members (excludes halogenated alkanes) is 1. The Kier molecular flexibility index (Phi) is 30.7. The highest BCUT2D eigenvalue weighted by atomic mass is 32.2. The maximum Gasteiger partial charge on any atom is 0.323 e. The minimum absolute atomic E-state index is 0.00885. The summed E-state index contributed by atoms with van der Waals surface area (Å²) in [6.45, 7) is -0.118. The van der Waals surface area contributed by atoms with E-state index >= 15 is 0 Å². The lowest BCUT2D eigenvalue weighted by molar-refractivity contribution is -0.144. The first-order valence-electron chi connectivity index (χ1n) is 29.2. The van der Waals surface area contributed by atoms with Gasteiger partial charge in [-0.1, -0.05) is 18.2 Å². The number of carbonyl (C=O) groups is 9. The van der Waals surface area contributed by atoms with Crippen molar-refractivity contribution in [3.63, 3.8) is 0 Å². The Morgan fingerprint density at radius 2 is 1.26 bits per heavy atom. The van der Waals surface area contributed by atoms with E-state index in [2.05, 4.69) is 32.1 Å². The van der Waals surface area contributed by atoms with Crippen molar-refractivity contribution in [2.24, 2.45) is 0 Å². The molecule has 1 aliphatic rings. The molecule has 2 amide bonds. The number of aliphatic carboxylic acids is 6. The highest BCUT2D eigenvalue weighted by Crippen LogP contribution is 2.27. The second-order valence-electron chi connectivity index (χ2n) is 22.2. The summed E-state index contributed by atoms with van der Waals surface area (Å²) in [5.41, 5.74) is 4.60. The van der Waals surface area contributed by atoms with Gasteiger partial charge in [-0.2, -0.15) is 13.1 Å². The molecular weight excluding hydrogens is 1250 g/mol. The van der Waals surface area contributed by atoms with Gasteiger partial charge >= 0.3 is 35.8 Å². The number of hydrogen-bond donors (Lipinski definition) is 12. The van der Waals surface area contributed by atoms with Crippen LogP contribution in [0.4, 0.5) is 5.69 Å². The van der Waals surface area contributed by atoms with Crippen LogP contribution in [0.25, 0.3) is 0 Å². The molecule has 3 aromatic rings. The maximum atomic E-state index is 13.5. The zero-order valence-corrected chi connectivity index (χ0v) is 53.2. The Bertz CT molecular complexity index is 3250. The van der Waals surface area contributed by atoms with Crippen LogP contribution >= 0.6 is 12.2 Å². The summed E-state index contributed by atoms with van der Waals surface area (Å²) < 4.78 is 68.7. The molecular formula is C58H81N9O21S3. The third-order valence-electron chi connectivity index (χ3n) is 14.5. The van der Waals surface area contributed by atoms with Gasteiger partial charge in [-0.25, -0.2) is 8.42 Å². The number of ketones is 1.